The molecule has 0 fully saturated rings. The van der Waals surface area contributed by atoms with Crippen molar-refractivity contribution in [2.24, 2.45) is 0 Å². The molecule has 0 amide bonds. The summed E-state index contributed by atoms with van der Waals surface area (Å²) in [5.41, 5.74) is 2.22. The third-order valence-corrected chi connectivity index (χ3v) is 3.63. The van der Waals surface area contributed by atoms with Gasteiger partial charge in [-0.1, -0.05) is 12.1 Å². The number of hydrogen-bond acceptors (Lipinski definition) is 5. The molecule has 7 heteroatoms. The van der Waals surface area contributed by atoms with Crippen molar-refractivity contribution in [3.05, 3.63) is 53.1 Å². The molecular weight excluding hydrogens is 346 g/mol. The Bertz CT molecular complexity index is 703. The minimum absolute atomic E-state index is 0. The normalized spacial score (nSPS) is 9.88. The van der Waals surface area contributed by atoms with Crippen molar-refractivity contribution >= 4 is 18.4 Å². The van der Waals surface area contributed by atoms with Crippen molar-refractivity contribution in [2.45, 2.75) is 13.1 Å². The van der Waals surface area contributed by atoms with E-state index in [0.717, 1.165) is 11.1 Å². The number of hydrogen-bond donors (Lipinski definition) is 2. The number of halogens is 1. The zero-order valence-electron chi connectivity index (χ0n) is 14.4. The lowest BCUT2D eigenvalue weighted by atomic mass is 10.1. The standard InChI is InChI=1S/C18H21NO5.ClH/c1-22-15-9-17(24-3)16(23-2)8-14(15)11-19-10-12-4-6-13(7-5-12)18(20)21;/h4-9,19H,10-11H2,1-3H3,(H,20,21);1H. The van der Waals surface area contributed by atoms with E-state index >= 15 is 0 Å². The van der Waals surface area contributed by atoms with E-state index in [1.165, 1.54) is 0 Å². The minimum atomic E-state index is -0.926. The Morgan fingerprint density at radius 2 is 1.48 bits per heavy atom. The average molecular weight is 368 g/mol. The third kappa shape index (κ3) is 5.27. The Hall–Kier alpha value is -2.44. The molecule has 0 heterocycles. The Kier molecular flexibility index (Phi) is 8.04. The highest BCUT2D eigenvalue weighted by Crippen LogP contribution is 2.34. The molecule has 0 aliphatic heterocycles. The fraction of sp³-hybridized carbons (Fsp3) is 0.278. The number of carbonyl (C=O) groups is 1. The maximum atomic E-state index is 10.8. The number of carboxylic acid groups (broad SMARTS) is 1. The predicted molar refractivity (Wildman–Crippen MR) is 97.3 cm³/mol. The van der Waals surface area contributed by atoms with Gasteiger partial charge in [-0.15, -0.1) is 12.4 Å². The van der Waals surface area contributed by atoms with Gasteiger partial charge in [-0.3, -0.25) is 0 Å². The molecule has 25 heavy (non-hydrogen) atoms. The Morgan fingerprint density at radius 3 is 2.00 bits per heavy atom. The topological polar surface area (TPSA) is 77.0 Å². The summed E-state index contributed by atoms with van der Waals surface area (Å²) in [6.07, 6.45) is 0. The Labute approximate surface area is 153 Å². The summed E-state index contributed by atoms with van der Waals surface area (Å²) in [4.78, 5) is 10.8. The second kappa shape index (κ2) is 9.76. The summed E-state index contributed by atoms with van der Waals surface area (Å²) < 4.78 is 16.0. The first-order valence-corrected chi connectivity index (χ1v) is 7.41. The fourth-order valence-corrected chi connectivity index (χ4v) is 2.34. The van der Waals surface area contributed by atoms with Gasteiger partial charge in [-0.25, -0.2) is 4.79 Å². The monoisotopic (exact) mass is 367 g/mol. The molecule has 0 aliphatic carbocycles. The molecule has 2 aromatic carbocycles. The maximum absolute atomic E-state index is 10.8. The average Bonchev–Trinajstić information content (AvgIpc) is 2.61. The molecular formula is C18H22ClNO5. The van der Waals surface area contributed by atoms with Crippen LogP contribution in [0.15, 0.2) is 36.4 Å². The number of aromatic carboxylic acids is 1. The molecule has 0 aliphatic rings. The summed E-state index contributed by atoms with van der Waals surface area (Å²) in [6.45, 7) is 1.18. The summed E-state index contributed by atoms with van der Waals surface area (Å²) >= 11 is 0. The van der Waals surface area contributed by atoms with Crippen LogP contribution in [0.1, 0.15) is 21.5 Å². The van der Waals surface area contributed by atoms with Crippen molar-refractivity contribution in [2.75, 3.05) is 21.3 Å². The molecule has 136 valence electrons. The number of ether oxygens (including phenoxy) is 3. The summed E-state index contributed by atoms with van der Waals surface area (Å²) in [5.74, 6) is 1.04. The molecule has 0 radical (unpaired) electrons. The number of nitrogens with one attached hydrogen (secondary N) is 1. The van der Waals surface area contributed by atoms with Crippen molar-refractivity contribution in [1.82, 2.24) is 5.32 Å². The zero-order chi connectivity index (χ0) is 17.5. The fourth-order valence-electron chi connectivity index (χ4n) is 2.34. The van der Waals surface area contributed by atoms with Crippen molar-refractivity contribution in [1.29, 1.82) is 0 Å². The molecule has 0 atom stereocenters. The molecule has 2 rings (SSSR count). The lowest BCUT2D eigenvalue weighted by molar-refractivity contribution is 0.0697. The van der Waals surface area contributed by atoms with Gasteiger partial charge in [0.2, 0.25) is 0 Å². The van der Waals surface area contributed by atoms with Gasteiger partial charge in [-0.2, -0.15) is 0 Å². The first kappa shape index (κ1) is 20.6. The van der Waals surface area contributed by atoms with E-state index in [-0.39, 0.29) is 18.0 Å². The van der Waals surface area contributed by atoms with Crippen LogP contribution in [0.5, 0.6) is 17.2 Å². The van der Waals surface area contributed by atoms with Crippen LogP contribution in [0.4, 0.5) is 0 Å². The molecule has 2 aromatic rings. The van der Waals surface area contributed by atoms with E-state index in [0.29, 0.717) is 30.3 Å². The second-order valence-corrected chi connectivity index (χ2v) is 5.12. The first-order chi connectivity index (χ1) is 11.6. The van der Waals surface area contributed by atoms with Crippen LogP contribution in [0.3, 0.4) is 0 Å². The van der Waals surface area contributed by atoms with E-state index in [2.05, 4.69) is 5.32 Å². The summed E-state index contributed by atoms with van der Waals surface area (Å²) in [7, 11) is 4.77. The van der Waals surface area contributed by atoms with Crippen LogP contribution >= 0.6 is 12.4 Å². The SMILES string of the molecule is COc1cc(OC)c(OC)cc1CNCc1ccc(C(=O)O)cc1.Cl. The highest BCUT2D eigenvalue weighted by atomic mass is 35.5. The van der Waals surface area contributed by atoms with E-state index in [9.17, 15) is 4.79 Å². The second-order valence-electron chi connectivity index (χ2n) is 5.12. The Balaban J connectivity index is 0.00000312. The summed E-state index contributed by atoms with van der Waals surface area (Å²) in [6, 6.07) is 10.4. The highest BCUT2D eigenvalue weighted by Gasteiger charge is 2.11. The van der Waals surface area contributed by atoms with Crippen molar-refractivity contribution in [3.8, 4) is 17.2 Å². The van der Waals surface area contributed by atoms with Crippen LogP contribution < -0.4 is 19.5 Å². The smallest absolute Gasteiger partial charge is 0.335 e. The predicted octanol–water partition coefficient (Wildman–Crippen LogP) is 3.12. The van der Waals surface area contributed by atoms with Gasteiger partial charge < -0.3 is 24.6 Å². The van der Waals surface area contributed by atoms with Crippen LogP contribution in [0.2, 0.25) is 0 Å². The quantitative estimate of drug-likeness (QED) is 0.746. The van der Waals surface area contributed by atoms with E-state index in [1.54, 1.807) is 51.7 Å². The molecule has 0 aromatic heterocycles. The Morgan fingerprint density at radius 1 is 0.920 bits per heavy atom. The third-order valence-electron chi connectivity index (χ3n) is 3.63. The molecule has 2 N–H and O–H groups in total. The molecule has 0 saturated carbocycles. The lowest BCUT2D eigenvalue weighted by Crippen LogP contribution is -2.14. The molecule has 0 saturated heterocycles. The van der Waals surface area contributed by atoms with Gasteiger partial charge in [0, 0.05) is 24.7 Å². The van der Waals surface area contributed by atoms with E-state index in [1.807, 2.05) is 6.07 Å². The van der Waals surface area contributed by atoms with Gasteiger partial charge in [0.15, 0.2) is 11.5 Å². The van der Waals surface area contributed by atoms with E-state index < -0.39 is 5.97 Å². The highest BCUT2D eigenvalue weighted by molar-refractivity contribution is 5.87. The first-order valence-electron chi connectivity index (χ1n) is 7.41. The van der Waals surface area contributed by atoms with Crippen molar-refractivity contribution in [3.63, 3.8) is 0 Å². The molecule has 6 nitrogen and oxygen atoms in total. The van der Waals surface area contributed by atoms with Crippen LogP contribution in [-0.4, -0.2) is 32.4 Å². The number of benzene rings is 2. The molecule has 0 unspecified atom stereocenters. The number of methoxy groups -OCH3 is 3. The minimum Gasteiger partial charge on any atom is -0.496 e. The molecule has 0 bridgehead atoms. The van der Waals surface area contributed by atoms with Crippen LogP contribution in [0.25, 0.3) is 0 Å². The number of rotatable bonds is 8. The lowest BCUT2D eigenvalue weighted by Gasteiger charge is -2.14. The van der Waals surface area contributed by atoms with E-state index in [4.69, 9.17) is 19.3 Å². The van der Waals surface area contributed by atoms with Gasteiger partial charge in [0.1, 0.15) is 5.75 Å². The van der Waals surface area contributed by atoms with Crippen molar-refractivity contribution < 1.29 is 24.1 Å². The zero-order valence-corrected chi connectivity index (χ0v) is 15.2. The van der Waals surface area contributed by atoms with Crippen LogP contribution in [-0.2, 0) is 13.1 Å². The van der Waals surface area contributed by atoms with Gasteiger partial charge >= 0.3 is 5.97 Å². The van der Waals surface area contributed by atoms with Gasteiger partial charge in [-0.05, 0) is 23.8 Å². The largest absolute Gasteiger partial charge is 0.496 e. The van der Waals surface area contributed by atoms with Crippen LogP contribution in [0, 0.1) is 0 Å². The maximum Gasteiger partial charge on any atom is 0.335 e. The van der Waals surface area contributed by atoms with Gasteiger partial charge in [0.25, 0.3) is 0 Å². The summed E-state index contributed by atoms with van der Waals surface area (Å²) in [5, 5.41) is 12.2. The number of carboxylic acids is 1. The van der Waals surface area contributed by atoms with Gasteiger partial charge in [0.05, 0.1) is 26.9 Å². The molecule has 0 spiro atoms.